The van der Waals surface area contributed by atoms with Gasteiger partial charge in [0, 0.05) is 17.6 Å². The molecule has 0 bridgehead atoms. The highest BCUT2D eigenvalue weighted by atomic mass is 19.4. The number of benzene rings is 2. The van der Waals surface area contributed by atoms with Gasteiger partial charge in [-0.1, -0.05) is 26.2 Å². The Balaban J connectivity index is 1.71. The quantitative estimate of drug-likeness (QED) is 0.258. The van der Waals surface area contributed by atoms with Gasteiger partial charge in [0.05, 0.1) is 6.61 Å². The summed E-state index contributed by atoms with van der Waals surface area (Å²) >= 11 is 0. The number of nitrogens with one attached hydrogen (secondary N) is 2. The molecule has 0 radical (unpaired) electrons. The molecule has 3 aromatic rings. The first-order chi connectivity index (χ1) is 17.0. The van der Waals surface area contributed by atoms with Gasteiger partial charge in [0.1, 0.15) is 28.5 Å². The minimum Gasteiger partial charge on any atom is -0.494 e. The van der Waals surface area contributed by atoms with Crippen molar-refractivity contribution < 1.29 is 22.6 Å². The van der Waals surface area contributed by atoms with E-state index in [-0.39, 0.29) is 17.4 Å². The van der Waals surface area contributed by atoms with Crippen molar-refractivity contribution in [1.82, 2.24) is 9.97 Å². The Morgan fingerprint density at radius 2 is 1.42 bits per heavy atom. The Bertz CT molecular complexity index is 1100. The molecule has 1 heterocycles. The number of nitrogens with zero attached hydrogens (tertiary/aromatic N) is 2. The molecule has 0 atom stereocenters. The molecule has 0 aliphatic rings. The van der Waals surface area contributed by atoms with Crippen molar-refractivity contribution in [3.8, 4) is 11.5 Å². The van der Waals surface area contributed by atoms with Crippen LogP contribution in [0.4, 0.5) is 36.3 Å². The predicted octanol–water partition coefficient (Wildman–Crippen LogP) is 8.12. The van der Waals surface area contributed by atoms with E-state index in [2.05, 4.69) is 27.5 Å². The Hall–Kier alpha value is -3.49. The summed E-state index contributed by atoms with van der Waals surface area (Å²) in [6, 6.07) is 13.8. The van der Waals surface area contributed by atoms with E-state index in [4.69, 9.17) is 9.47 Å². The Labute approximate surface area is 210 Å². The van der Waals surface area contributed by atoms with Crippen molar-refractivity contribution in [2.24, 2.45) is 0 Å². The summed E-state index contributed by atoms with van der Waals surface area (Å²) < 4.78 is 52.3. The van der Waals surface area contributed by atoms with Crippen molar-refractivity contribution in [1.29, 1.82) is 0 Å². The van der Waals surface area contributed by atoms with Gasteiger partial charge in [-0.3, -0.25) is 0 Å². The molecular formula is C27H33F3N4O2. The summed E-state index contributed by atoms with van der Waals surface area (Å²) in [7, 11) is 0. The van der Waals surface area contributed by atoms with Crippen LogP contribution in [0, 0.1) is 0 Å². The fourth-order valence-corrected chi connectivity index (χ4v) is 3.32. The summed E-state index contributed by atoms with van der Waals surface area (Å²) in [5.41, 5.74) is -0.283. The molecule has 194 valence electrons. The monoisotopic (exact) mass is 502 g/mol. The average Bonchev–Trinajstić information content (AvgIpc) is 2.80. The summed E-state index contributed by atoms with van der Waals surface area (Å²) in [6.07, 6.45) is 0.631. The third-order valence-corrected chi connectivity index (χ3v) is 5.01. The molecule has 0 saturated heterocycles. The van der Waals surface area contributed by atoms with Crippen LogP contribution < -0.4 is 20.1 Å². The van der Waals surface area contributed by atoms with Crippen LogP contribution in [0.25, 0.3) is 0 Å². The topological polar surface area (TPSA) is 68.3 Å². The second-order valence-electron chi connectivity index (χ2n) is 9.38. The minimum atomic E-state index is -4.62. The summed E-state index contributed by atoms with van der Waals surface area (Å²) in [5, 5.41) is 5.71. The molecule has 0 amide bonds. The molecule has 9 heteroatoms. The lowest BCUT2D eigenvalue weighted by Gasteiger charge is -2.21. The first-order valence-corrected chi connectivity index (χ1v) is 12.0. The lowest BCUT2D eigenvalue weighted by atomic mass is 10.2. The molecule has 0 aliphatic heterocycles. The maximum atomic E-state index is 13.6. The van der Waals surface area contributed by atoms with E-state index in [9.17, 15) is 13.2 Å². The van der Waals surface area contributed by atoms with Crippen molar-refractivity contribution in [3.05, 3.63) is 60.3 Å². The van der Waals surface area contributed by atoms with Gasteiger partial charge >= 0.3 is 6.18 Å². The summed E-state index contributed by atoms with van der Waals surface area (Å²) in [5.74, 6) is 1.03. The summed E-state index contributed by atoms with van der Waals surface area (Å²) in [4.78, 5) is 7.96. The molecule has 1 aromatic heterocycles. The number of anilines is 4. The Morgan fingerprint density at radius 1 is 0.806 bits per heavy atom. The van der Waals surface area contributed by atoms with E-state index >= 15 is 0 Å². The van der Waals surface area contributed by atoms with E-state index in [0.29, 0.717) is 23.7 Å². The SMILES string of the molecule is CCCCCCOc1ccc(Nc2ncc(C(F)(F)F)c(Nc3ccc(OC(C)(C)C)cc3)n2)cc1. The van der Waals surface area contributed by atoms with Crippen LogP contribution in [0.1, 0.15) is 58.9 Å². The highest BCUT2D eigenvalue weighted by Gasteiger charge is 2.35. The van der Waals surface area contributed by atoms with Gasteiger partial charge in [-0.05, 0) is 75.7 Å². The molecule has 0 saturated carbocycles. The summed E-state index contributed by atoms with van der Waals surface area (Å²) in [6.45, 7) is 8.55. The molecule has 2 N–H and O–H groups in total. The van der Waals surface area contributed by atoms with Crippen LogP contribution in [-0.4, -0.2) is 22.2 Å². The van der Waals surface area contributed by atoms with Crippen LogP contribution in [0.15, 0.2) is 54.7 Å². The maximum absolute atomic E-state index is 13.6. The highest BCUT2D eigenvalue weighted by molar-refractivity contribution is 5.63. The predicted molar refractivity (Wildman–Crippen MR) is 137 cm³/mol. The van der Waals surface area contributed by atoms with Crippen LogP contribution in [-0.2, 0) is 6.18 Å². The second kappa shape index (κ2) is 12.0. The number of unbranched alkanes of at least 4 members (excludes halogenated alkanes) is 3. The van der Waals surface area contributed by atoms with Crippen LogP contribution in [0.5, 0.6) is 11.5 Å². The zero-order chi connectivity index (χ0) is 26.2. The second-order valence-corrected chi connectivity index (χ2v) is 9.38. The number of hydrogen-bond acceptors (Lipinski definition) is 6. The number of rotatable bonds is 11. The molecular weight excluding hydrogens is 469 g/mol. The molecule has 0 unspecified atom stereocenters. The normalized spacial score (nSPS) is 11.8. The van der Waals surface area contributed by atoms with Crippen LogP contribution in [0.2, 0.25) is 0 Å². The first-order valence-electron chi connectivity index (χ1n) is 12.0. The third kappa shape index (κ3) is 8.62. The fourth-order valence-electron chi connectivity index (χ4n) is 3.32. The molecule has 3 rings (SSSR count). The van der Waals surface area contributed by atoms with Gasteiger partial charge in [0.2, 0.25) is 5.95 Å². The van der Waals surface area contributed by atoms with Gasteiger partial charge < -0.3 is 20.1 Å². The maximum Gasteiger partial charge on any atom is 0.421 e. The standard InChI is InChI=1S/C27H33F3N4O2/c1-5-6-7-8-17-35-21-13-9-20(10-14-21)33-25-31-18-23(27(28,29)30)24(34-25)32-19-11-15-22(16-12-19)36-26(2,3)4/h9-16,18H,5-8,17H2,1-4H3,(H2,31,32,33,34). The van der Waals surface area contributed by atoms with E-state index in [0.717, 1.165) is 24.8 Å². The van der Waals surface area contributed by atoms with Crippen molar-refractivity contribution in [2.75, 3.05) is 17.2 Å². The van der Waals surface area contributed by atoms with E-state index in [1.807, 2.05) is 20.8 Å². The van der Waals surface area contributed by atoms with Crippen molar-refractivity contribution >= 4 is 23.1 Å². The number of alkyl halides is 3. The fraction of sp³-hybridized carbons (Fsp3) is 0.407. The lowest BCUT2D eigenvalue weighted by molar-refractivity contribution is -0.137. The van der Waals surface area contributed by atoms with Crippen molar-refractivity contribution in [2.45, 2.75) is 65.2 Å². The van der Waals surface area contributed by atoms with Gasteiger partial charge in [-0.2, -0.15) is 18.2 Å². The van der Waals surface area contributed by atoms with E-state index in [1.54, 1.807) is 48.5 Å². The Kier molecular flexibility index (Phi) is 9.01. The zero-order valence-corrected chi connectivity index (χ0v) is 21.1. The molecule has 2 aromatic carbocycles. The lowest BCUT2D eigenvalue weighted by Crippen LogP contribution is -2.22. The highest BCUT2D eigenvalue weighted by Crippen LogP contribution is 2.35. The molecule has 0 aliphatic carbocycles. The van der Waals surface area contributed by atoms with Gasteiger partial charge in [-0.15, -0.1) is 0 Å². The first kappa shape index (κ1) is 27.1. The zero-order valence-electron chi connectivity index (χ0n) is 21.1. The van der Waals surface area contributed by atoms with Crippen LogP contribution >= 0.6 is 0 Å². The number of aromatic nitrogens is 2. The van der Waals surface area contributed by atoms with Gasteiger partial charge in [0.25, 0.3) is 0 Å². The number of ether oxygens (including phenoxy) is 2. The number of hydrogen-bond donors (Lipinski definition) is 2. The largest absolute Gasteiger partial charge is 0.494 e. The van der Waals surface area contributed by atoms with Crippen LogP contribution in [0.3, 0.4) is 0 Å². The molecule has 6 nitrogen and oxygen atoms in total. The van der Waals surface area contributed by atoms with E-state index < -0.39 is 11.7 Å². The minimum absolute atomic E-state index is 0.0337. The Morgan fingerprint density at radius 3 is 2.00 bits per heavy atom. The van der Waals surface area contributed by atoms with E-state index in [1.165, 1.54) is 12.8 Å². The molecule has 0 spiro atoms. The number of halogens is 3. The molecule has 36 heavy (non-hydrogen) atoms. The van der Waals surface area contributed by atoms with Gasteiger partial charge in [0.15, 0.2) is 0 Å². The van der Waals surface area contributed by atoms with Gasteiger partial charge in [-0.25, -0.2) is 4.98 Å². The average molecular weight is 503 g/mol. The third-order valence-electron chi connectivity index (χ3n) is 5.01. The van der Waals surface area contributed by atoms with Crippen molar-refractivity contribution in [3.63, 3.8) is 0 Å². The smallest absolute Gasteiger partial charge is 0.421 e. The molecule has 0 fully saturated rings.